The molecule has 0 spiro atoms. The van der Waals surface area contributed by atoms with Gasteiger partial charge < -0.3 is 5.32 Å². The monoisotopic (exact) mass is 203 g/mol. The maximum absolute atomic E-state index is 10.7. The van der Waals surface area contributed by atoms with E-state index in [0.29, 0.717) is 0 Å². The molecule has 0 saturated carbocycles. The van der Waals surface area contributed by atoms with Crippen LogP contribution in [0.5, 0.6) is 0 Å². The van der Waals surface area contributed by atoms with Crippen LogP contribution in [0.2, 0.25) is 0 Å². The molecule has 12 heavy (non-hydrogen) atoms. The van der Waals surface area contributed by atoms with Crippen LogP contribution in [0.1, 0.15) is 4.88 Å². The summed E-state index contributed by atoms with van der Waals surface area (Å²) < 4.78 is 10.7. The van der Waals surface area contributed by atoms with Crippen LogP contribution in [0.15, 0.2) is 17.5 Å². The van der Waals surface area contributed by atoms with Crippen LogP contribution in [0.25, 0.3) is 0 Å². The van der Waals surface area contributed by atoms with E-state index in [9.17, 15) is 4.21 Å². The third-order valence-electron chi connectivity index (χ3n) is 1.45. The lowest BCUT2D eigenvalue weighted by Crippen LogP contribution is -2.18. The van der Waals surface area contributed by atoms with Crippen molar-refractivity contribution in [3.8, 4) is 0 Å². The Labute approximate surface area is 79.5 Å². The van der Waals surface area contributed by atoms with Crippen LogP contribution in [-0.4, -0.2) is 22.8 Å². The third-order valence-corrected chi connectivity index (χ3v) is 3.10. The first-order valence-electron chi connectivity index (χ1n) is 3.82. The SMILES string of the molecule is C[S@](=O)CCNCc1cccs1. The summed E-state index contributed by atoms with van der Waals surface area (Å²) >= 11 is 1.74. The van der Waals surface area contributed by atoms with Gasteiger partial charge in [-0.1, -0.05) is 6.07 Å². The topological polar surface area (TPSA) is 29.1 Å². The molecular weight excluding hydrogens is 190 g/mol. The molecule has 2 nitrogen and oxygen atoms in total. The summed E-state index contributed by atoms with van der Waals surface area (Å²) in [5.41, 5.74) is 0. The molecule has 0 radical (unpaired) electrons. The highest BCUT2D eigenvalue weighted by Crippen LogP contribution is 2.06. The summed E-state index contributed by atoms with van der Waals surface area (Å²) in [6, 6.07) is 4.14. The van der Waals surface area contributed by atoms with Gasteiger partial charge in [-0.3, -0.25) is 4.21 Å². The average Bonchev–Trinajstić information content (AvgIpc) is 2.49. The van der Waals surface area contributed by atoms with E-state index >= 15 is 0 Å². The van der Waals surface area contributed by atoms with E-state index in [2.05, 4.69) is 16.8 Å². The molecule has 0 unspecified atom stereocenters. The van der Waals surface area contributed by atoms with Gasteiger partial charge in [0.25, 0.3) is 0 Å². The van der Waals surface area contributed by atoms with E-state index in [4.69, 9.17) is 0 Å². The third kappa shape index (κ3) is 3.99. The van der Waals surface area contributed by atoms with Crippen LogP contribution in [0, 0.1) is 0 Å². The standard InChI is InChI=1S/C8H13NOS2/c1-12(10)6-4-9-7-8-3-2-5-11-8/h2-3,5,9H,4,6-7H2,1H3/t12-/m0/s1. The van der Waals surface area contributed by atoms with Crippen molar-refractivity contribution in [2.45, 2.75) is 6.54 Å². The molecule has 1 aromatic rings. The summed E-state index contributed by atoms with van der Waals surface area (Å²) in [7, 11) is -0.673. The lowest BCUT2D eigenvalue weighted by Gasteiger charge is -1.99. The molecule has 1 atom stereocenters. The quantitative estimate of drug-likeness (QED) is 0.729. The normalized spacial score (nSPS) is 13.1. The van der Waals surface area contributed by atoms with Crippen LogP contribution >= 0.6 is 11.3 Å². The highest BCUT2D eigenvalue weighted by Gasteiger charge is 1.93. The van der Waals surface area contributed by atoms with Gasteiger partial charge in [0.1, 0.15) is 0 Å². The summed E-state index contributed by atoms with van der Waals surface area (Å²) in [6.45, 7) is 1.73. The fourth-order valence-corrected chi connectivity index (χ4v) is 1.95. The van der Waals surface area contributed by atoms with Gasteiger partial charge in [0.15, 0.2) is 0 Å². The van der Waals surface area contributed by atoms with Gasteiger partial charge in [0.2, 0.25) is 0 Å². The molecule has 1 aromatic heterocycles. The van der Waals surface area contributed by atoms with E-state index in [-0.39, 0.29) is 0 Å². The lowest BCUT2D eigenvalue weighted by atomic mass is 10.4. The number of rotatable bonds is 5. The number of hydrogen-bond donors (Lipinski definition) is 1. The zero-order valence-corrected chi connectivity index (χ0v) is 8.71. The molecule has 4 heteroatoms. The van der Waals surface area contributed by atoms with Gasteiger partial charge >= 0.3 is 0 Å². The van der Waals surface area contributed by atoms with Gasteiger partial charge in [-0.25, -0.2) is 0 Å². The molecule has 0 saturated heterocycles. The maximum atomic E-state index is 10.7. The van der Waals surface area contributed by atoms with Crippen molar-refractivity contribution in [1.82, 2.24) is 5.32 Å². The molecule has 0 aliphatic heterocycles. The van der Waals surface area contributed by atoms with E-state index in [1.807, 2.05) is 6.07 Å². The van der Waals surface area contributed by atoms with E-state index in [1.54, 1.807) is 17.6 Å². The first-order valence-corrected chi connectivity index (χ1v) is 6.43. The zero-order chi connectivity index (χ0) is 8.81. The van der Waals surface area contributed by atoms with Gasteiger partial charge in [0, 0.05) is 40.8 Å². The van der Waals surface area contributed by atoms with Gasteiger partial charge in [-0.2, -0.15) is 0 Å². The molecule has 0 bridgehead atoms. The second kappa shape index (κ2) is 5.45. The van der Waals surface area contributed by atoms with E-state index in [0.717, 1.165) is 18.8 Å². The Morgan fingerprint density at radius 3 is 3.08 bits per heavy atom. The van der Waals surface area contributed by atoms with Crippen molar-refractivity contribution in [1.29, 1.82) is 0 Å². The second-order valence-electron chi connectivity index (χ2n) is 2.53. The minimum Gasteiger partial charge on any atom is -0.311 e. The summed E-state index contributed by atoms with van der Waals surface area (Å²) in [5.74, 6) is 0.741. The van der Waals surface area contributed by atoms with E-state index in [1.165, 1.54) is 4.88 Å². The minimum atomic E-state index is -0.673. The molecule has 0 fully saturated rings. The van der Waals surface area contributed by atoms with Crippen molar-refractivity contribution < 1.29 is 4.21 Å². The molecular formula is C8H13NOS2. The van der Waals surface area contributed by atoms with Crippen molar-refractivity contribution in [2.24, 2.45) is 0 Å². The zero-order valence-electron chi connectivity index (χ0n) is 7.08. The summed E-state index contributed by atoms with van der Waals surface area (Å²) in [5, 5.41) is 5.30. The van der Waals surface area contributed by atoms with Gasteiger partial charge in [-0.05, 0) is 11.4 Å². The van der Waals surface area contributed by atoms with Crippen molar-refractivity contribution in [2.75, 3.05) is 18.6 Å². The Kier molecular flexibility index (Phi) is 4.50. The molecule has 68 valence electrons. The van der Waals surface area contributed by atoms with Crippen LogP contribution in [0.3, 0.4) is 0 Å². The molecule has 0 amide bonds. The Morgan fingerprint density at radius 1 is 1.67 bits per heavy atom. The second-order valence-corrected chi connectivity index (χ2v) is 5.12. The molecule has 1 heterocycles. The van der Waals surface area contributed by atoms with E-state index < -0.39 is 10.8 Å². The summed E-state index contributed by atoms with van der Waals surface area (Å²) in [4.78, 5) is 1.33. The number of hydrogen-bond acceptors (Lipinski definition) is 3. The number of thiophene rings is 1. The number of nitrogens with one attached hydrogen (secondary N) is 1. The van der Waals surface area contributed by atoms with Crippen molar-refractivity contribution in [3.05, 3.63) is 22.4 Å². The van der Waals surface area contributed by atoms with Gasteiger partial charge in [-0.15, -0.1) is 11.3 Å². The highest BCUT2D eigenvalue weighted by molar-refractivity contribution is 7.84. The predicted molar refractivity (Wildman–Crippen MR) is 55.0 cm³/mol. The average molecular weight is 203 g/mol. The van der Waals surface area contributed by atoms with Crippen LogP contribution < -0.4 is 5.32 Å². The Hall–Kier alpha value is -0.190. The highest BCUT2D eigenvalue weighted by atomic mass is 32.2. The largest absolute Gasteiger partial charge is 0.311 e. The Morgan fingerprint density at radius 2 is 2.50 bits per heavy atom. The first kappa shape index (κ1) is 9.89. The van der Waals surface area contributed by atoms with Crippen molar-refractivity contribution >= 4 is 22.1 Å². The first-order chi connectivity index (χ1) is 5.79. The van der Waals surface area contributed by atoms with Crippen LogP contribution in [0.4, 0.5) is 0 Å². The molecule has 1 N–H and O–H groups in total. The molecule has 1 rings (SSSR count). The minimum absolute atomic E-state index is 0.673. The molecule has 0 aliphatic carbocycles. The fraction of sp³-hybridized carbons (Fsp3) is 0.500. The lowest BCUT2D eigenvalue weighted by molar-refractivity contribution is 0.678. The Bertz CT molecular complexity index is 233. The van der Waals surface area contributed by atoms with Gasteiger partial charge in [0.05, 0.1) is 0 Å². The van der Waals surface area contributed by atoms with Crippen LogP contribution in [-0.2, 0) is 17.3 Å². The predicted octanol–water partition coefficient (Wildman–Crippen LogP) is 1.22. The fourth-order valence-electron chi connectivity index (χ4n) is 0.841. The van der Waals surface area contributed by atoms with Crippen molar-refractivity contribution in [3.63, 3.8) is 0 Å². The maximum Gasteiger partial charge on any atom is 0.0357 e. The Balaban J connectivity index is 2.07. The molecule has 0 aliphatic rings. The smallest absolute Gasteiger partial charge is 0.0357 e. The summed E-state index contributed by atoms with van der Waals surface area (Å²) in [6.07, 6.45) is 1.73. The molecule has 0 aromatic carbocycles.